The Balaban J connectivity index is 2.77. The molecule has 0 saturated heterocycles. The first-order valence-electron chi connectivity index (χ1n) is 6.25. The molecular weight excluding hydrogens is 258 g/mol. The molecule has 1 aromatic carbocycles. The summed E-state index contributed by atoms with van der Waals surface area (Å²) >= 11 is 0. The van der Waals surface area contributed by atoms with Crippen molar-refractivity contribution in [2.24, 2.45) is 11.5 Å². The van der Waals surface area contributed by atoms with E-state index >= 15 is 0 Å². The van der Waals surface area contributed by atoms with Gasteiger partial charge in [0.2, 0.25) is 11.8 Å². The minimum Gasteiger partial charge on any atom is -0.383 e. The first kappa shape index (κ1) is 16.1. The van der Waals surface area contributed by atoms with Gasteiger partial charge in [0.05, 0.1) is 12.0 Å². The van der Waals surface area contributed by atoms with Crippen LogP contribution in [0.5, 0.6) is 0 Å². The van der Waals surface area contributed by atoms with Gasteiger partial charge < -0.3 is 21.5 Å². The summed E-state index contributed by atoms with van der Waals surface area (Å²) in [5.41, 5.74) is 11.6. The Morgan fingerprint density at radius 2 is 1.85 bits per heavy atom. The lowest BCUT2D eigenvalue weighted by molar-refractivity contribution is -0.122. The predicted molar refractivity (Wildman–Crippen MR) is 77.1 cm³/mol. The molecule has 0 saturated carbocycles. The highest BCUT2D eigenvalue weighted by molar-refractivity contribution is 5.95. The lowest BCUT2D eigenvalue weighted by atomic mass is 9.84. The number of carbonyl (C=O) groups is 2. The van der Waals surface area contributed by atoms with E-state index in [1.165, 1.54) is 7.11 Å². The van der Waals surface area contributed by atoms with Crippen LogP contribution >= 0.6 is 0 Å². The Kier molecular flexibility index (Phi) is 5.24. The van der Waals surface area contributed by atoms with Gasteiger partial charge in [-0.1, -0.05) is 12.1 Å². The van der Waals surface area contributed by atoms with Gasteiger partial charge in [-0.05, 0) is 31.5 Å². The topological polar surface area (TPSA) is 107 Å². The molecule has 0 aromatic heterocycles. The number of anilines is 1. The van der Waals surface area contributed by atoms with Crippen LogP contribution in [0.25, 0.3) is 0 Å². The molecule has 0 aliphatic carbocycles. The fourth-order valence-electron chi connectivity index (χ4n) is 1.60. The van der Waals surface area contributed by atoms with Gasteiger partial charge in [-0.25, -0.2) is 0 Å². The molecule has 6 nitrogen and oxygen atoms in total. The van der Waals surface area contributed by atoms with E-state index in [2.05, 4.69) is 5.32 Å². The average molecular weight is 279 g/mol. The van der Waals surface area contributed by atoms with Crippen molar-refractivity contribution in [2.45, 2.75) is 25.3 Å². The number of hydrogen-bond donors (Lipinski definition) is 3. The second-order valence-electron chi connectivity index (χ2n) is 5.12. The van der Waals surface area contributed by atoms with Gasteiger partial charge in [-0.2, -0.15) is 0 Å². The van der Waals surface area contributed by atoms with Crippen LogP contribution < -0.4 is 16.8 Å². The molecule has 0 aliphatic rings. The largest absolute Gasteiger partial charge is 0.383 e. The maximum Gasteiger partial charge on any atom is 0.243 e. The molecule has 0 fully saturated rings. The highest BCUT2D eigenvalue weighted by atomic mass is 16.5. The van der Waals surface area contributed by atoms with Gasteiger partial charge >= 0.3 is 0 Å². The van der Waals surface area contributed by atoms with E-state index in [-0.39, 0.29) is 12.5 Å². The molecule has 6 heteroatoms. The van der Waals surface area contributed by atoms with Crippen molar-refractivity contribution in [3.8, 4) is 0 Å². The van der Waals surface area contributed by atoms with E-state index in [0.29, 0.717) is 5.69 Å². The third-order valence-electron chi connectivity index (χ3n) is 3.17. The molecular formula is C14H21N3O3. The molecule has 5 N–H and O–H groups in total. The summed E-state index contributed by atoms with van der Waals surface area (Å²) < 4.78 is 4.82. The number of rotatable bonds is 6. The monoisotopic (exact) mass is 279 g/mol. The zero-order valence-electron chi connectivity index (χ0n) is 12.0. The first-order valence-corrected chi connectivity index (χ1v) is 6.25. The smallest absolute Gasteiger partial charge is 0.243 e. The van der Waals surface area contributed by atoms with E-state index in [1.54, 1.807) is 38.1 Å². The van der Waals surface area contributed by atoms with E-state index in [9.17, 15) is 9.59 Å². The highest BCUT2D eigenvalue weighted by Gasteiger charge is 2.27. The van der Waals surface area contributed by atoms with Gasteiger partial charge in [-0.3, -0.25) is 9.59 Å². The van der Waals surface area contributed by atoms with Gasteiger partial charge in [0, 0.05) is 12.8 Å². The number of benzene rings is 1. The molecule has 0 heterocycles. The van der Waals surface area contributed by atoms with E-state index in [1.807, 2.05) is 0 Å². The van der Waals surface area contributed by atoms with Crippen molar-refractivity contribution in [1.29, 1.82) is 0 Å². The van der Waals surface area contributed by atoms with Crippen LogP contribution in [0.3, 0.4) is 0 Å². The Bertz CT molecular complexity index is 483. The minimum absolute atomic E-state index is 0.151. The Labute approximate surface area is 118 Å². The summed E-state index contributed by atoms with van der Waals surface area (Å²) in [7, 11) is 1.48. The second kappa shape index (κ2) is 6.49. The number of methoxy groups -OCH3 is 1. The van der Waals surface area contributed by atoms with Crippen LogP contribution in [0.2, 0.25) is 0 Å². The third kappa shape index (κ3) is 3.79. The van der Waals surface area contributed by atoms with E-state index in [4.69, 9.17) is 16.2 Å². The lowest BCUT2D eigenvalue weighted by Crippen LogP contribution is -2.39. The fourth-order valence-corrected chi connectivity index (χ4v) is 1.60. The van der Waals surface area contributed by atoms with Crippen LogP contribution in [0.15, 0.2) is 24.3 Å². The highest BCUT2D eigenvalue weighted by Crippen LogP contribution is 2.24. The summed E-state index contributed by atoms with van der Waals surface area (Å²) in [6.07, 6.45) is 0. The number of carbonyl (C=O) groups excluding carboxylic acids is 2. The molecule has 20 heavy (non-hydrogen) atoms. The molecule has 0 spiro atoms. The number of ether oxygens (including phenoxy) is 1. The second-order valence-corrected chi connectivity index (χ2v) is 5.12. The maximum absolute atomic E-state index is 11.7. The molecule has 1 rings (SSSR count). The SMILES string of the molecule is COCC(N)C(=O)Nc1ccc(C(C)(C)C(N)=O)cc1. The summed E-state index contributed by atoms with van der Waals surface area (Å²) in [6, 6.07) is 6.20. The summed E-state index contributed by atoms with van der Waals surface area (Å²) in [5.74, 6) is -0.731. The molecule has 0 bridgehead atoms. The van der Waals surface area contributed by atoms with Crippen molar-refractivity contribution < 1.29 is 14.3 Å². The average Bonchev–Trinajstić information content (AvgIpc) is 2.39. The molecule has 0 radical (unpaired) electrons. The Morgan fingerprint density at radius 1 is 1.30 bits per heavy atom. The fraction of sp³-hybridized carbons (Fsp3) is 0.429. The van der Waals surface area contributed by atoms with Crippen LogP contribution in [-0.4, -0.2) is 31.6 Å². The molecule has 110 valence electrons. The van der Waals surface area contributed by atoms with Crippen molar-refractivity contribution in [1.82, 2.24) is 0 Å². The van der Waals surface area contributed by atoms with Crippen LogP contribution in [0.4, 0.5) is 5.69 Å². The number of nitrogens with two attached hydrogens (primary N) is 2. The van der Waals surface area contributed by atoms with Gasteiger partial charge in [0.25, 0.3) is 0 Å². The standard InChI is InChI=1S/C14H21N3O3/c1-14(2,13(16)19)9-4-6-10(7-5-9)17-12(18)11(15)8-20-3/h4-7,11H,8,15H2,1-3H3,(H2,16,19)(H,17,18). The normalized spacial score (nSPS) is 12.8. The van der Waals surface area contributed by atoms with Crippen molar-refractivity contribution in [2.75, 3.05) is 19.0 Å². The van der Waals surface area contributed by atoms with E-state index < -0.39 is 17.4 Å². The molecule has 0 aliphatic heterocycles. The molecule has 2 amide bonds. The molecule has 1 unspecified atom stereocenters. The quantitative estimate of drug-likeness (QED) is 0.698. The first-order chi connectivity index (χ1) is 9.28. The molecule has 1 aromatic rings. The predicted octanol–water partition coefficient (Wildman–Crippen LogP) is 0.362. The number of amides is 2. The maximum atomic E-state index is 11.7. The van der Waals surface area contributed by atoms with Crippen molar-refractivity contribution in [3.63, 3.8) is 0 Å². The van der Waals surface area contributed by atoms with Crippen molar-refractivity contribution >= 4 is 17.5 Å². The van der Waals surface area contributed by atoms with Crippen LogP contribution in [-0.2, 0) is 19.7 Å². The van der Waals surface area contributed by atoms with Crippen molar-refractivity contribution in [3.05, 3.63) is 29.8 Å². The third-order valence-corrected chi connectivity index (χ3v) is 3.17. The lowest BCUT2D eigenvalue weighted by Gasteiger charge is -2.21. The van der Waals surface area contributed by atoms with Gasteiger partial charge in [0.15, 0.2) is 0 Å². The zero-order valence-corrected chi connectivity index (χ0v) is 12.0. The summed E-state index contributed by atoms with van der Waals surface area (Å²) in [4.78, 5) is 23.1. The van der Waals surface area contributed by atoms with Gasteiger partial charge in [0.1, 0.15) is 6.04 Å². The Morgan fingerprint density at radius 3 is 2.30 bits per heavy atom. The number of primary amides is 1. The minimum atomic E-state index is -0.755. The zero-order chi connectivity index (χ0) is 15.3. The Hall–Kier alpha value is -1.92. The van der Waals surface area contributed by atoms with Crippen LogP contribution in [0, 0.1) is 0 Å². The summed E-state index contributed by atoms with van der Waals surface area (Å²) in [6.45, 7) is 3.65. The molecule has 1 atom stereocenters. The number of hydrogen-bond acceptors (Lipinski definition) is 4. The van der Waals surface area contributed by atoms with Gasteiger partial charge in [-0.15, -0.1) is 0 Å². The number of nitrogens with one attached hydrogen (secondary N) is 1. The van der Waals surface area contributed by atoms with E-state index in [0.717, 1.165) is 5.56 Å². The van der Waals surface area contributed by atoms with Crippen LogP contribution in [0.1, 0.15) is 19.4 Å². The summed E-state index contributed by atoms with van der Waals surface area (Å²) in [5, 5.41) is 2.67.